The highest BCUT2D eigenvalue weighted by molar-refractivity contribution is 5.97. The van der Waals surface area contributed by atoms with Crippen molar-refractivity contribution in [1.29, 1.82) is 0 Å². The number of ketones is 1. The fourth-order valence-electron chi connectivity index (χ4n) is 2.54. The number of Topliss-reactive ketones (excluding diaryl/α,β-unsaturated/α-hetero) is 1. The lowest BCUT2D eigenvalue weighted by Crippen LogP contribution is -2.47. The second kappa shape index (κ2) is 6.13. The van der Waals surface area contributed by atoms with Crippen LogP contribution in [0.4, 0.5) is 4.39 Å². The maximum atomic E-state index is 12.8. The molecule has 0 radical (unpaired) electrons. The van der Waals surface area contributed by atoms with Gasteiger partial charge in [-0.25, -0.2) is 4.39 Å². The zero-order valence-electron chi connectivity index (χ0n) is 11.5. The van der Waals surface area contributed by atoms with Gasteiger partial charge >= 0.3 is 0 Å². The number of halogens is 1. The van der Waals surface area contributed by atoms with E-state index in [1.807, 2.05) is 11.8 Å². The third-order valence-corrected chi connectivity index (χ3v) is 3.93. The number of nitrogens with zero attached hydrogens (tertiary/aromatic N) is 1. The number of nitrogens with two attached hydrogens (primary N) is 1. The lowest BCUT2D eigenvalue weighted by Gasteiger charge is -2.36. The van der Waals surface area contributed by atoms with E-state index < -0.39 is 0 Å². The molecule has 108 valence electrons. The van der Waals surface area contributed by atoms with Crippen LogP contribution in [0.25, 0.3) is 0 Å². The van der Waals surface area contributed by atoms with E-state index in [1.54, 1.807) is 0 Å². The molecule has 1 aliphatic rings. The molecule has 2 rings (SSSR count). The Hall–Kier alpha value is -1.75. The Bertz CT molecular complexity index is 501. The molecule has 2 unspecified atom stereocenters. The van der Waals surface area contributed by atoms with Crippen molar-refractivity contribution in [1.82, 2.24) is 4.90 Å². The van der Waals surface area contributed by atoms with Crippen molar-refractivity contribution in [2.45, 2.75) is 25.8 Å². The molecule has 2 N–H and O–H groups in total. The van der Waals surface area contributed by atoms with Gasteiger partial charge in [0.15, 0.2) is 5.78 Å². The predicted molar refractivity (Wildman–Crippen MR) is 73.7 cm³/mol. The molecule has 1 heterocycles. The number of likely N-dealkylation sites (tertiary alicyclic amines) is 1. The number of piperidine rings is 1. The molecule has 1 aliphatic heterocycles. The van der Waals surface area contributed by atoms with Crippen molar-refractivity contribution in [3.63, 3.8) is 0 Å². The molecule has 1 fully saturated rings. The molecule has 0 spiro atoms. The van der Waals surface area contributed by atoms with E-state index in [0.29, 0.717) is 12.1 Å². The number of rotatable bonds is 4. The van der Waals surface area contributed by atoms with Crippen LogP contribution >= 0.6 is 0 Å². The fraction of sp³-hybridized carbons (Fsp3) is 0.467. The Labute approximate surface area is 117 Å². The standard InChI is InChI=1S/C15H19FN2O2/c1-10-2-3-12(15(17)20)8-18(10)9-14(19)11-4-6-13(16)7-5-11/h4-7,10,12H,2-3,8-9H2,1H3,(H2,17,20). The predicted octanol–water partition coefficient (Wildman–Crippen LogP) is 1.59. The maximum Gasteiger partial charge on any atom is 0.221 e. The first-order chi connectivity index (χ1) is 9.47. The third-order valence-electron chi connectivity index (χ3n) is 3.93. The topological polar surface area (TPSA) is 63.4 Å². The van der Waals surface area contributed by atoms with E-state index in [4.69, 9.17) is 5.73 Å². The summed E-state index contributed by atoms with van der Waals surface area (Å²) in [5.41, 5.74) is 5.83. The van der Waals surface area contributed by atoms with Gasteiger partial charge < -0.3 is 5.73 Å². The van der Waals surface area contributed by atoms with Crippen molar-refractivity contribution in [3.05, 3.63) is 35.6 Å². The summed E-state index contributed by atoms with van der Waals surface area (Å²) in [4.78, 5) is 25.4. The van der Waals surface area contributed by atoms with Crippen molar-refractivity contribution >= 4 is 11.7 Å². The zero-order valence-corrected chi connectivity index (χ0v) is 11.5. The van der Waals surface area contributed by atoms with Crippen LogP contribution in [-0.2, 0) is 4.79 Å². The highest BCUT2D eigenvalue weighted by Crippen LogP contribution is 2.22. The maximum absolute atomic E-state index is 12.8. The first kappa shape index (κ1) is 14.7. The van der Waals surface area contributed by atoms with Gasteiger partial charge in [0.2, 0.25) is 5.91 Å². The molecule has 0 aromatic heterocycles. The van der Waals surface area contributed by atoms with E-state index in [1.165, 1.54) is 24.3 Å². The van der Waals surface area contributed by atoms with Gasteiger partial charge in [-0.3, -0.25) is 14.5 Å². The smallest absolute Gasteiger partial charge is 0.221 e. The molecular weight excluding hydrogens is 259 g/mol. The molecule has 4 nitrogen and oxygen atoms in total. The first-order valence-corrected chi connectivity index (χ1v) is 6.79. The van der Waals surface area contributed by atoms with Gasteiger partial charge in [0.05, 0.1) is 12.5 Å². The monoisotopic (exact) mass is 278 g/mol. The van der Waals surface area contributed by atoms with Crippen LogP contribution in [0.1, 0.15) is 30.1 Å². The molecule has 20 heavy (non-hydrogen) atoms. The largest absolute Gasteiger partial charge is 0.369 e. The van der Waals surface area contributed by atoms with Crippen LogP contribution in [0.2, 0.25) is 0 Å². The second-order valence-corrected chi connectivity index (χ2v) is 5.39. The van der Waals surface area contributed by atoms with Crippen molar-refractivity contribution in [3.8, 4) is 0 Å². The summed E-state index contributed by atoms with van der Waals surface area (Å²) in [6, 6.07) is 5.77. The van der Waals surface area contributed by atoms with Crippen LogP contribution < -0.4 is 5.73 Å². The number of benzene rings is 1. The summed E-state index contributed by atoms with van der Waals surface area (Å²) in [6.45, 7) is 2.79. The number of hydrogen-bond donors (Lipinski definition) is 1. The first-order valence-electron chi connectivity index (χ1n) is 6.79. The Morgan fingerprint density at radius 3 is 2.55 bits per heavy atom. The molecule has 5 heteroatoms. The van der Waals surface area contributed by atoms with E-state index in [9.17, 15) is 14.0 Å². The van der Waals surface area contributed by atoms with Gasteiger partial charge in [-0.15, -0.1) is 0 Å². The normalized spacial score (nSPS) is 23.5. The molecule has 0 saturated carbocycles. The summed E-state index contributed by atoms with van der Waals surface area (Å²) in [7, 11) is 0. The molecule has 1 amide bonds. The van der Waals surface area contributed by atoms with E-state index >= 15 is 0 Å². The fourth-order valence-corrected chi connectivity index (χ4v) is 2.54. The lowest BCUT2D eigenvalue weighted by atomic mass is 9.92. The van der Waals surface area contributed by atoms with Gasteiger partial charge in [-0.1, -0.05) is 0 Å². The molecular formula is C15H19FN2O2. The van der Waals surface area contributed by atoms with Crippen molar-refractivity contribution in [2.24, 2.45) is 11.7 Å². The summed E-state index contributed by atoms with van der Waals surface area (Å²) >= 11 is 0. The quantitative estimate of drug-likeness (QED) is 0.851. The van der Waals surface area contributed by atoms with Crippen LogP contribution in [0.5, 0.6) is 0 Å². The molecule has 1 aromatic rings. The zero-order chi connectivity index (χ0) is 14.7. The number of amides is 1. The molecule has 1 saturated heterocycles. The van der Waals surface area contributed by atoms with Crippen LogP contribution in [-0.4, -0.2) is 35.7 Å². The minimum absolute atomic E-state index is 0.0676. The highest BCUT2D eigenvalue weighted by atomic mass is 19.1. The van der Waals surface area contributed by atoms with Gasteiger partial charge in [-0.05, 0) is 44.0 Å². The minimum atomic E-state index is -0.360. The van der Waals surface area contributed by atoms with Crippen LogP contribution in [0.15, 0.2) is 24.3 Å². The Kier molecular flexibility index (Phi) is 4.49. The summed E-state index contributed by atoms with van der Waals surface area (Å²) in [5.74, 6) is -0.924. The van der Waals surface area contributed by atoms with E-state index in [2.05, 4.69) is 0 Å². The van der Waals surface area contributed by atoms with Crippen molar-refractivity contribution < 1.29 is 14.0 Å². The molecule has 2 atom stereocenters. The van der Waals surface area contributed by atoms with Gasteiger partial charge in [0, 0.05) is 18.2 Å². The van der Waals surface area contributed by atoms with Gasteiger partial charge in [0.1, 0.15) is 5.82 Å². The average molecular weight is 278 g/mol. The van der Waals surface area contributed by atoms with Crippen LogP contribution in [0, 0.1) is 11.7 Å². The summed E-state index contributed by atoms with van der Waals surface area (Å²) in [5, 5.41) is 0. The van der Waals surface area contributed by atoms with E-state index in [0.717, 1.165) is 12.8 Å². The van der Waals surface area contributed by atoms with Crippen molar-refractivity contribution in [2.75, 3.05) is 13.1 Å². The Balaban J connectivity index is 2.02. The summed E-state index contributed by atoms with van der Waals surface area (Å²) < 4.78 is 12.8. The summed E-state index contributed by atoms with van der Waals surface area (Å²) in [6.07, 6.45) is 1.63. The lowest BCUT2D eigenvalue weighted by molar-refractivity contribution is -0.123. The minimum Gasteiger partial charge on any atom is -0.369 e. The molecule has 0 bridgehead atoms. The molecule has 0 aliphatic carbocycles. The average Bonchev–Trinajstić information content (AvgIpc) is 2.41. The second-order valence-electron chi connectivity index (χ2n) is 5.39. The molecule has 1 aromatic carbocycles. The Morgan fingerprint density at radius 2 is 1.95 bits per heavy atom. The number of primary amides is 1. The third kappa shape index (κ3) is 3.42. The SMILES string of the molecule is CC1CCC(C(N)=O)CN1CC(=O)c1ccc(F)cc1. The van der Waals surface area contributed by atoms with E-state index in [-0.39, 0.29) is 36.0 Å². The number of carbonyl (C=O) groups excluding carboxylic acids is 2. The Morgan fingerprint density at radius 1 is 1.30 bits per heavy atom. The number of carbonyl (C=O) groups is 2. The van der Waals surface area contributed by atoms with Gasteiger partial charge in [0.25, 0.3) is 0 Å². The highest BCUT2D eigenvalue weighted by Gasteiger charge is 2.29. The number of hydrogen-bond acceptors (Lipinski definition) is 3. The van der Waals surface area contributed by atoms with Crippen LogP contribution in [0.3, 0.4) is 0 Å². The van der Waals surface area contributed by atoms with Gasteiger partial charge in [-0.2, -0.15) is 0 Å².